The Kier molecular flexibility index (Phi) is 7.12. The first-order valence-electron chi connectivity index (χ1n) is 8.01. The van der Waals surface area contributed by atoms with Crippen molar-refractivity contribution in [2.24, 2.45) is 0 Å². The molecule has 1 amide bonds. The van der Waals surface area contributed by atoms with Gasteiger partial charge in [0.2, 0.25) is 5.91 Å². The summed E-state index contributed by atoms with van der Waals surface area (Å²) in [6.07, 6.45) is 2.91. The van der Waals surface area contributed by atoms with Gasteiger partial charge < -0.3 is 9.73 Å². The minimum absolute atomic E-state index is 0.152. The zero-order valence-corrected chi connectivity index (χ0v) is 18.7. The second kappa shape index (κ2) is 9.56. The van der Waals surface area contributed by atoms with Crippen LogP contribution in [-0.4, -0.2) is 11.0 Å². The van der Waals surface area contributed by atoms with Gasteiger partial charge in [-0.3, -0.25) is 10.1 Å². The van der Waals surface area contributed by atoms with Gasteiger partial charge >= 0.3 is 0 Å². The molecule has 0 aliphatic carbocycles. The van der Waals surface area contributed by atoms with Gasteiger partial charge in [-0.2, -0.15) is 0 Å². The number of rotatable bonds is 4. The summed E-state index contributed by atoms with van der Waals surface area (Å²) in [5, 5.41) is 6.78. The Labute approximate surface area is 191 Å². The maximum atomic E-state index is 12.1. The van der Waals surface area contributed by atoms with Crippen molar-refractivity contribution in [1.82, 2.24) is 5.32 Å². The fourth-order valence-electron chi connectivity index (χ4n) is 2.27. The molecule has 142 valence electrons. The first kappa shape index (κ1) is 20.9. The van der Waals surface area contributed by atoms with Crippen LogP contribution in [0.2, 0.25) is 10.0 Å². The normalized spacial score (nSPS) is 10.8. The molecule has 0 saturated carbocycles. The molecule has 4 nitrogen and oxygen atoms in total. The van der Waals surface area contributed by atoms with E-state index in [-0.39, 0.29) is 11.0 Å². The molecular weight excluding hydrogens is 530 g/mol. The molecule has 28 heavy (non-hydrogen) atoms. The Morgan fingerprint density at radius 1 is 1.07 bits per heavy atom. The van der Waals surface area contributed by atoms with Gasteiger partial charge in [-0.1, -0.05) is 23.2 Å². The lowest BCUT2D eigenvalue weighted by molar-refractivity contribution is -0.115. The van der Waals surface area contributed by atoms with E-state index in [4.69, 9.17) is 39.8 Å². The van der Waals surface area contributed by atoms with Crippen LogP contribution in [-0.2, 0) is 4.79 Å². The van der Waals surface area contributed by atoms with E-state index in [9.17, 15) is 4.79 Å². The molecule has 0 saturated heterocycles. The summed E-state index contributed by atoms with van der Waals surface area (Å²) in [6.45, 7) is 0. The largest absolute Gasteiger partial charge is 0.457 e. The predicted octanol–water partition coefficient (Wildman–Crippen LogP) is 6.38. The number of carbonyl (C=O) groups excluding carboxylic acids is 1. The molecular formula is C20H13Cl2IN2O2S. The maximum absolute atomic E-state index is 12.1. The van der Waals surface area contributed by atoms with E-state index in [1.807, 2.05) is 24.3 Å². The lowest BCUT2D eigenvalue weighted by Gasteiger charge is -2.09. The summed E-state index contributed by atoms with van der Waals surface area (Å²) in [4.78, 5) is 12.1. The maximum Gasteiger partial charge on any atom is 0.250 e. The van der Waals surface area contributed by atoms with Crippen LogP contribution in [0.15, 0.2) is 65.1 Å². The highest BCUT2D eigenvalue weighted by atomic mass is 127. The van der Waals surface area contributed by atoms with E-state index in [1.165, 1.54) is 6.08 Å². The number of hydrogen-bond donors (Lipinski definition) is 2. The van der Waals surface area contributed by atoms with Gasteiger partial charge in [0.25, 0.3) is 0 Å². The lowest BCUT2D eigenvalue weighted by atomic mass is 10.2. The number of carbonyl (C=O) groups is 1. The van der Waals surface area contributed by atoms with Gasteiger partial charge in [0.1, 0.15) is 11.5 Å². The van der Waals surface area contributed by atoms with E-state index < -0.39 is 0 Å². The average molecular weight is 543 g/mol. The number of hydrogen-bond acceptors (Lipinski definition) is 3. The zero-order chi connectivity index (χ0) is 20.1. The fourth-order valence-corrected chi connectivity index (χ4v) is 3.51. The Hall–Kier alpha value is -1.87. The van der Waals surface area contributed by atoms with Crippen molar-refractivity contribution in [1.29, 1.82) is 0 Å². The molecule has 1 aromatic heterocycles. The number of benzene rings is 2. The summed E-state index contributed by atoms with van der Waals surface area (Å²) in [6, 6.07) is 16.4. The van der Waals surface area contributed by atoms with E-state index in [2.05, 4.69) is 33.2 Å². The summed E-state index contributed by atoms with van der Waals surface area (Å²) in [5.74, 6) is 0.838. The van der Waals surface area contributed by atoms with Crippen LogP contribution in [0, 0.1) is 3.57 Å². The highest BCUT2D eigenvalue weighted by Gasteiger charge is 2.07. The molecule has 0 aliphatic rings. The molecule has 0 fully saturated rings. The summed E-state index contributed by atoms with van der Waals surface area (Å²) < 4.78 is 6.71. The fraction of sp³-hybridized carbons (Fsp3) is 0. The molecule has 1 heterocycles. The minimum Gasteiger partial charge on any atom is -0.457 e. The zero-order valence-electron chi connectivity index (χ0n) is 14.2. The quantitative estimate of drug-likeness (QED) is 0.228. The van der Waals surface area contributed by atoms with Crippen LogP contribution < -0.4 is 10.6 Å². The van der Waals surface area contributed by atoms with Gasteiger partial charge in [0, 0.05) is 20.2 Å². The number of halogens is 3. The molecule has 0 aliphatic heterocycles. The molecule has 0 spiro atoms. The van der Waals surface area contributed by atoms with Crippen LogP contribution in [0.3, 0.4) is 0 Å². The van der Waals surface area contributed by atoms with E-state index in [0.29, 0.717) is 27.3 Å². The Morgan fingerprint density at radius 2 is 1.82 bits per heavy atom. The molecule has 0 radical (unpaired) electrons. The Bertz CT molecular complexity index is 1050. The standard InChI is InChI=1S/C20H13Cl2IN2O2S/c21-13-3-1-12(2-4-13)18-9-6-15(27-18)7-10-19(26)25-20(28)24-17-8-5-14(23)11-16(17)22/h1-11H,(H2,24,25,26,28). The number of nitrogens with one attached hydrogen (secondary N) is 2. The van der Waals surface area contributed by atoms with Gasteiger partial charge in [-0.25, -0.2) is 0 Å². The summed E-state index contributed by atoms with van der Waals surface area (Å²) >= 11 is 19.3. The highest BCUT2D eigenvalue weighted by molar-refractivity contribution is 14.1. The van der Waals surface area contributed by atoms with Crippen LogP contribution >= 0.6 is 58.0 Å². The molecule has 8 heteroatoms. The van der Waals surface area contributed by atoms with Crippen molar-refractivity contribution in [2.75, 3.05) is 5.32 Å². The molecule has 2 aromatic carbocycles. The van der Waals surface area contributed by atoms with Crippen molar-refractivity contribution in [3.8, 4) is 11.3 Å². The molecule has 0 bridgehead atoms. The van der Waals surface area contributed by atoms with Crippen molar-refractivity contribution in [3.05, 3.63) is 80.0 Å². The molecule has 0 atom stereocenters. The van der Waals surface area contributed by atoms with Gasteiger partial charge in [0.15, 0.2) is 5.11 Å². The van der Waals surface area contributed by atoms with Gasteiger partial charge in [-0.05, 0) is 95.5 Å². The molecule has 3 aromatic rings. The smallest absolute Gasteiger partial charge is 0.250 e. The Balaban J connectivity index is 1.57. The first-order chi connectivity index (χ1) is 13.4. The van der Waals surface area contributed by atoms with Crippen LogP contribution in [0.25, 0.3) is 17.4 Å². The second-order valence-electron chi connectivity index (χ2n) is 5.61. The molecule has 3 rings (SSSR count). The van der Waals surface area contributed by atoms with E-state index in [0.717, 1.165) is 9.13 Å². The van der Waals surface area contributed by atoms with E-state index >= 15 is 0 Å². The number of thiocarbonyl (C=S) groups is 1. The second-order valence-corrected chi connectivity index (χ2v) is 8.11. The lowest BCUT2D eigenvalue weighted by Crippen LogP contribution is -2.32. The van der Waals surface area contributed by atoms with Crippen LogP contribution in [0.4, 0.5) is 5.69 Å². The highest BCUT2D eigenvalue weighted by Crippen LogP contribution is 2.25. The number of amides is 1. The predicted molar refractivity (Wildman–Crippen MR) is 127 cm³/mol. The van der Waals surface area contributed by atoms with Crippen LogP contribution in [0.1, 0.15) is 5.76 Å². The third kappa shape index (κ3) is 5.81. The molecule has 0 unspecified atom stereocenters. The van der Waals surface area contributed by atoms with Crippen molar-refractivity contribution >= 4 is 80.8 Å². The SMILES string of the molecule is O=C(C=Cc1ccc(-c2ccc(Cl)cc2)o1)NC(=S)Nc1ccc(I)cc1Cl. The molecule has 2 N–H and O–H groups in total. The van der Waals surface area contributed by atoms with E-state index in [1.54, 1.807) is 36.4 Å². The third-order valence-electron chi connectivity index (χ3n) is 3.57. The van der Waals surface area contributed by atoms with Gasteiger partial charge in [-0.15, -0.1) is 0 Å². The third-order valence-corrected chi connectivity index (χ3v) is 5.01. The summed E-state index contributed by atoms with van der Waals surface area (Å²) in [7, 11) is 0. The minimum atomic E-state index is -0.386. The number of anilines is 1. The van der Waals surface area contributed by atoms with Gasteiger partial charge in [0.05, 0.1) is 10.7 Å². The van der Waals surface area contributed by atoms with Crippen molar-refractivity contribution in [3.63, 3.8) is 0 Å². The van der Waals surface area contributed by atoms with Crippen molar-refractivity contribution in [2.45, 2.75) is 0 Å². The first-order valence-corrected chi connectivity index (χ1v) is 10.3. The Morgan fingerprint density at radius 3 is 2.54 bits per heavy atom. The topological polar surface area (TPSA) is 54.3 Å². The summed E-state index contributed by atoms with van der Waals surface area (Å²) in [5.41, 5.74) is 1.52. The monoisotopic (exact) mass is 542 g/mol. The van der Waals surface area contributed by atoms with Crippen molar-refractivity contribution < 1.29 is 9.21 Å². The average Bonchev–Trinajstić information content (AvgIpc) is 3.12. The van der Waals surface area contributed by atoms with Crippen LogP contribution in [0.5, 0.6) is 0 Å². The number of furan rings is 1.